The Kier molecular flexibility index (Phi) is 4.28. The summed E-state index contributed by atoms with van der Waals surface area (Å²) in [6.07, 6.45) is 1.54. The molecular formula is C6H9O4-. The fourth-order valence-electron chi connectivity index (χ4n) is 0.368. The molecule has 0 aliphatic rings. The van der Waals surface area contributed by atoms with E-state index in [-0.39, 0.29) is 6.61 Å². The Bertz CT molecular complexity index is 130. The van der Waals surface area contributed by atoms with E-state index in [4.69, 9.17) is 0 Å². The molecule has 0 radical (unpaired) electrons. The van der Waals surface area contributed by atoms with E-state index >= 15 is 0 Å². The molecule has 0 rings (SSSR count). The second-order valence-corrected chi connectivity index (χ2v) is 1.78. The van der Waals surface area contributed by atoms with Crippen molar-refractivity contribution >= 4 is 11.9 Å². The van der Waals surface area contributed by atoms with Gasteiger partial charge in [0.15, 0.2) is 5.97 Å². The number of hydrogen-bond donors (Lipinski definition) is 0. The first-order valence-corrected chi connectivity index (χ1v) is 3.06. The van der Waals surface area contributed by atoms with Gasteiger partial charge in [-0.15, -0.1) is 0 Å². The first-order chi connectivity index (χ1) is 4.68. The Morgan fingerprint density at radius 1 is 1.50 bits per heavy atom. The maximum atomic E-state index is 10.1. The van der Waals surface area contributed by atoms with Crippen LogP contribution in [0.25, 0.3) is 0 Å². The molecule has 0 spiro atoms. The molecule has 0 aliphatic heterocycles. The van der Waals surface area contributed by atoms with Crippen molar-refractivity contribution in [3.05, 3.63) is 0 Å². The molecule has 58 valence electrons. The summed E-state index contributed by atoms with van der Waals surface area (Å²) in [5, 5.41) is 9.71. The number of aliphatic carboxylic acids is 1. The molecule has 0 aliphatic carbocycles. The molecule has 0 aromatic heterocycles. The maximum absolute atomic E-state index is 10.1. The monoisotopic (exact) mass is 145 g/mol. The molecule has 0 saturated carbocycles. The highest BCUT2D eigenvalue weighted by atomic mass is 16.6. The number of hydrogen-bond acceptors (Lipinski definition) is 4. The average molecular weight is 145 g/mol. The number of unbranched alkanes of at least 4 members (excludes halogenated alkanes) is 1. The topological polar surface area (TPSA) is 66.4 Å². The highest BCUT2D eigenvalue weighted by Crippen LogP contribution is 1.87. The van der Waals surface area contributed by atoms with E-state index in [9.17, 15) is 14.7 Å². The van der Waals surface area contributed by atoms with Crippen molar-refractivity contribution < 1.29 is 19.4 Å². The van der Waals surface area contributed by atoms with Gasteiger partial charge in [-0.1, -0.05) is 13.3 Å². The molecule has 4 heteroatoms. The van der Waals surface area contributed by atoms with Crippen LogP contribution >= 0.6 is 0 Å². The lowest BCUT2D eigenvalue weighted by Crippen LogP contribution is -2.33. The lowest BCUT2D eigenvalue weighted by atomic mass is 10.4. The number of esters is 1. The number of carboxylic acid groups (broad SMARTS) is 1. The molecule has 0 unspecified atom stereocenters. The maximum Gasteiger partial charge on any atom is 0.354 e. The van der Waals surface area contributed by atoms with E-state index in [0.717, 1.165) is 6.42 Å². The average Bonchev–Trinajstić information content (AvgIpc) is 1.88. The Balaban J connectivity index is 3.31. The predicted molar refractivity (Wildman–Crippen MR) is 30.9 cm³/mol. The molecule has 0 heterocycles. The van der Waals surface area contributed by atoms with Crippen LogP contribution in [0.2, 0.25) is 0 Å². The molecule has 4 nitrogen and oxygen atoms in total. The van der Waals surface area contributed by atoms with Crippen LogP contribution in [0.1, 0.15) is 19.8 Å². The first kappa shape index (κ1) is 8.94. The largest absolute Gasteiger partial charge is 0.539 e. The van der Waals surface area contributed by atoms with Gasteiger partial charge in [-0.3, -0.25) is 0 Å². The van der Waals surface area contributed by atoms with Crippen molar-refractivity contribution in [2.45, 2.75) is 19.8 Å². The summed E-state index contributed by atoms with van der Waals surface area (Å²) >= 11 is 0. The first-order valence-electron chi connectivity index (χ1n) is 3.06. The Labute approximate surface area is 58.8 Å². The summed E-state index contributed by atoms with van der Waals surface area (Å²) in [4.78, 5) is 19.8. The molecule has 0 N–H and O–H groups in total. The van der Waals surface area contributed by atoms with Crippen LogP contribution in [0.5, 0.6) is 0 Å². The number of ether oxygens (including phenoxy) is 1. The van der Waals surface area contributed by atoms with E-state index in [2.05, 4.69) is 4.74 Å². The highest BCUT2D eigenvalue weighted by Gasteiger charge is 2.00. The zero-order valence-electron chi connectivity index (χ0n) is 5.75. The highest BCUT2D eigenvalue weighted by molar-refractivity contribution is 6.27. The van der Waals surface area contributed by atoms with E-state index < -0.39 is 11.9 Å². The van der Waals surface area contributed by atoms with Crippen LogP contribution in [-0.2, 0) is 14.3 Å². The lowest BCUT2D eigenvalue weighted by molar-refractivity contribution is -0.303. The van der Waals surface area contributed by atoms with Crippen molar-refractivity contribution in [2.75, 3.05) is 6.61 Å². The molecule has 0 bridgehead atoms. The van der Waals surface area contributed by atoms with Crippen LogP contribution < -0.4 is 5.11 Å². The Hall–Kier alpha value is -1.06. The van der Waals surface area contributed by atoms with Gasteiger partial charge in [-0.25, -0.2) is 4.79 Å². The molecule has 0 fully saturated rings. The van der Waals surface area contributed by atoms with Crippen molar-refractivity contribution in [1.82, 2.24) is 0 Å². The lowest BCUT2D eigenvalue weighted by Gasteiger charge is -2.02. The Morgan fingerprint density at radius 2 is 2.10 bits per heavy atom. The summed E-state index contributed by atoms with van der Waals surface area (Å²) < 4.78 is 4.24. The van der Waals surface area contributed by atoms with Gasteiger partial charge in [-0.2, -0.15) is 0 Å². The van der Waals surface area contributed by atoms with Crippen LogP contribution in [0.3, 0.4) is 0 Å². The fourth-order valence-corrected chi connectivity index (χ4v) is 0.368. The van der Waals surface area contributed by atoms with Crippen molar-refractivity contribution in [1.29, 1.82) is 0 Å². The molecular weight excluding hydrogens is 136 g/mol. The zero-order chi connectivity index (χ0) is 7.98. The fraction of sp³-hybridized carbons (Fsp3) is 0.667. The van der Waals surface area contributed by atoms with E-state index in [1.165, 1.54) is 0 Å². The number of carbonyl (C=O) groups is 2. The third-order valence-electron chi connectivity index (χ3n) is 0.898. The van der Waals surface area contributed by atoms with E-state index in [1.54, 1.807) is 0 Å². The number of carbonyl (C=O) groups excluding carboxylic acids is 2. The molecule has 0 amide bonds. The van der Waals surface area contributed by atoms with Gasteiger partial charge in [0, 0.05) is 0 Å². The van der Waals surface area contributed by atoms with Crippen molar-refractivity contribution in [3.8, 4) is 0 Å². The standard InChI is InChI=1S/C6H10O4/c1-2-3-4-10-6(9)5(7)8/h2-4H2,1H3,(H,7,8)/p-1. The van der Waals surface area contributed by atoms with Gasteiger partial charge in [0.25, 0.3) is 0 Å². The second kappa shape index (κ2) is 4.78. The molecule has 0 aromatic carbocycles. The van der Waals surface area contributed by atoms with Gasteiger partial charge in [0.05, 0.1) is 6.61 Å². The zero-order valence-corrected chi connectivity index (χ0v) is 5.75. The van der Waals surface area contributed by atoms with Gasteiger partial charge < -0.3 is 14.6 Å². The van der Waals surface area contributed by atoms with Gasteiger partial charge >= 0.3 is 5.97 Å². The predicted octanol–water partition coefficient (Wildman–Crippen LogP) is -0.920. The molecule has 0 saturated heterocycles. The summed E-state index contributed by atoms with van der Waals surface area (Å²) in [6, 6.07) is 0. The summed E-state index contributed by atoms with van der Waals surface area (Å²) in [7, 11) is 0. The number of rotatable bonds is 3. The normalized spacial score (nSPS) is 8.90. The summed E-state index contributed by atoms with van der Waals surface area (Å²) in [5.74, 6) is -3.07. The molecule has 10 heavy (non-hydrogen) atoms. The quantitative estimate of drug-likeness (QED) is 0.292. The van der Waals surface area contributed by atoms with E-state index in [0.29, 0.717) is 6.42 Å². The van der Waals surface area contributed by atoms with Crippen LogP contribution in [-0.4, -0.2) is 18.5 Å². The smallest absolute Gasteiger partial charge is 0.354 e. The van der Waals surface area contributed by atoms with Crippen LogP contribution in [0, 0.1) is 0 Å². The van der Waals surface area contributed by atoms with Crippen molar-refractivity contribution in [3.63, 3.8) is 0 Å². The minimum atomic E-state index is -1.78. The number of carboxylic acids is 1. The summed E-state index contributed by atoms with van der Waals surface area (Å²) in [5.41, 5.74) is 0. The van der Waals surface area contributed by atoms with Crippen LogP contribution in [0.4, 0.5) is 0 Å². The van der Waals surface area contributed by atoms with Gasteiger partial charge in [0.2, 0.25) is 0 Å². The molecule has 0 aromatic rings. The van der Waals surface area contributed by atoms with Crippen molar-refractivity contribution in [2.24, 2.45) is 0 Å². The van der Waals surface area contributed by atoms with Gasteiger partial charge in [0.1, 0.15) is 0 Å². The van der Waals surface area contributed by atoms with E-state index in [1.807, 2.05) is 6.92 Å². The second-order valence-electron chi connectivity index (χ2n) is 1.78. The van der Waals surface area contributed by atoms with Gasteiger partial charge in [-0.05, 0) is 6.42 Å². The molecule has 0 atom stereocenters. The minimum Gasteiger partial charge on any atom is -0.539 e. The summed E-state index contributed by atoms with van der Waals surface area (Å²) in [6.45, 7) is 2.07. The SMILES string of the molecule is CCCCOC(=O)C(=O)[O-]. The third-order valence-corrected chi connectivity index (χ3v) is 0.898. The Morgan fingerprint density at radius 3 is 2.50 bits per heavy atom. The third kappa shape index (κ3) is 3.88. The van der Waals surface area contributed by atoms with Crippen LogP contribution in [0.15, 0.2) is 0 Å². The minimum absolute atomic E-state index is 0.156.